The van der Waals surface area contributed by atoms with Crippen molar-refractivity contribution in [3.8, 4) is 11.5 Å². The molecule has 0 bridgehead atoms. The summed E-state index contributed by atoms with van der Waals surface area (Å²) in [5.74, 6) is -1.28. The number of halogens is 3. The van der Waals surface area contributed by atoms with Gasteiger partial charge in [0.15, 0.2) is 23.8 Å². The second-order valence-electron chi connectivity index (χ2n) is 4.13. The van der Waals surface area contributed by atoms with Crippen LogP contribution in [0.25, 0.3) is 0 Å². The first kappa shape index (κ1) is 16.7. The van der Waals surface area contributed by atoms with Crippen molar-refractivity contribution in [3.63, 3.8) is 0 Å². The van der Waals surface area contributed by atoms with Gasteiger partial charge in [0.2, 0.25) is 5.89 Å². The first-order valence-corrected chi connectivity index (χ1v) is 6.48. The third-order valence-corrected chi connectivity index (χ3v) is 2.46. The third kappa shape index (κ3) is 4.90. The largest absolute Gasteiger partial charge is 0.573 e. The Kier molecular flexibility index (Phi) is 5.09. The molecule has 0 saturated heterocycles. The molecule has 2 aromatic rings. The minimum absolute atomic E-state index is 0.00913. The number of carbonyl (C=O) groups excluding carboxylic acids is 1. The molecule has 2 rings (SSSR count). The number of hydrogen-bond donors (Lipinski definition) is 0. The van der Waals surface area contributed by atoms with Crippen molar-refractivity contribution in [2.45, 2.75) is 19.9 Å². The molecular weight excluding hydrogens is 319 g/mol. The van der Waals surface area contributed by atoms with Gasteiger partial charge in [0.1, 0.15) is 6.26 Å². The zero-order chi connectivity index (χ0) is 16.9. The molecule has 0 spiro atoms. The average Bonchev–Trinajstić information content (AvgIpc) is 2.94. The van der Waals surface area contributed by atoms with E-state index in [-0.39, 0.29) is 30.5 Å². The van der Waals surface area contributed by atoms with Crippen LogP contribution in [0.2, 0.25) is 0 Å². The van der Waals surface area contributed by atoms with Gasteiger partial charge in [-0.05, 0) is 19.1 Å². The molecule has 6 nitrogen and oxygen atoms in total. The van der Waals surface area contributed by atoms with E-state index in [4.69, 9.17) is 13.9 Å². The SMILES string of the molecule is CCOC(=O)c1coc(COc2ccccc2OC(F)(F)F)n1. The highest BCUT2D eigenvalue weighted by Gasteiger charge is 2.32. The van der Waals surface area contributed by atoms with Gasteiger partial charge >= 0.3 is 12.3 Å². The van der Waals surface area contributed by atoms with Crippen molar-refractivity contribution in [1.82, 2.24) is 4.98 Å². The van der Waals surface area contributed by atoms with Crippen molar-refractivity contribution >= 4 is 5.97 Å². The van der Waals surface area contributed by atoms with Crippen LogP contribution >= 0.6 is 0 Å². The molecule has 0 aliphatic carbocycles. The van der Waals surface area contributed by atoms with E-state index in [0.29, 0.717) is 0 Å². The van der Waals surface area contributed by atoms with Crippen LogP contribution in [0.5, 0.6) is 11.5 Å². The number of ether oxygens (including phenoxy) is 3. The number of para-hydroxylation sites is 2. The molecule has 1 aromatic heterocycles. The van der Waals surface area contributed by atoms with Crippen LogP contribution in [0.4, 0.5) is 13.2 Å². The molecule has 0 aliphatic rings. The summed E-state index contributed by atoms with van der Waals surface area (Å²) in [5.41, 5.74) is -0.0507. The van der Waals surface area contributed by atoms with Crippen LogP contribution in [0.15, 0.2) is 34.9 Å². The van der Waals surface area contributed by atoms with E-state index in [2.05, 4.69) is 9.72 Å². The summed E-state index contributed by atoms with van der Waals surface area (Å²) in [5, 5.41) is 0. The van der Waals surface area contributed by atoms with Gasteiger partial charge in [-0.3, -0.25) is 0 Å². The Morgan fingerprint density at radius 3 is 2.61 bits per heavy atom. The van der Waals surface area contributed by atoms with Gasteiger partial charge < -0.3 is 18.6 Å². The Balaban J connectivity index is 2.03. The summed E-state index contributed by atoms with van der Waals surface area (Å²) in [4.78, 5) is 15.2. The van der Waals surface area contributed by atoms with Gasteiger partial charge in [-0.1, -0.05) is 12.1 Å². The Hall–Kier alpha value is -2.71. The summed E-state index contributed by atoms with van der Waals surface area (Å²) >= 11 is 0. The lowest BCUT2D eigenvalue weighted by atomic mass is 10.3. The highest BCUT2D eigenvalue weighted by molar-refractivity contribution is 5.86. The summed E-state index contributed by atoms with van der Waals surface area (Å²) in [7, 11) is 0. The summed E-state index contributed by atoms with van der Waals surface area (Å²) in [6.07, 6.45) is -3.76. The molecule has 0 unspecified atom stereocenters. The molecule has 23 heavy (non-hydrogen) atoms. The van der Waals surface area contributed by atoms with E-state index in [1.54, 1.807) is 6.92 Å². The number of hydrogen-bond acceptors (Lipinski definition) is 6. The lowest BCUT2D eigenvalue weighted by molar-refractivity contribution is -0.275. The molecule has 0 fully saturated rings. The maximum atomic E-state index is 12.3. The van der Waals surface area contributed by atoms with Crippen LogP contribution in [0.1, 0.15) is 23.3 Å². The van der Waals surface area contributed by atoms with Crippen molar-refractivity contribution < 1.29 is 36.6 Å². The molecule has 124 valence electrons. The van der Waals surface area contributed by atoms with E-state index in [9.17, 15) is 18.0 Å². The minimum atomic E-state index is -4.83. The normalized spacial score (nSPS) is 11.1. The lowest BCUT2D eigenvalue weighted by Crippen LogP contribution is -2.17. The molecule has 0 amide bonds. The van der Waals surface area contributed by atoms with Crippen LogP contribution < -0.4 is 9.47 Å². The second-order valence-corrected chi connectivity index (χ2v) is 4.13. The highest BCUT2D eigenvalue weighted by Crippen LogP contribution is 2.32. The highest BCUT2D eigenvalue weighted by atomic mass is 19.4. The van der Waals surface area contributed by atoms with Gasteiger partial charge in [-0.25, -0.2) is 9.78 Å². The van der Waals surface area contributed by atoms with Gasteiger partial charge in [0.05, 0.1) is 6.61 Å². The molecule has 0 radical (unpaired) electrons. The Morgan fingerprint density at radius 1 is 1.26 bits per heavy atom. The predicted molar refractivity (Wildman–Crippen MR) is 69.9 cm³/mol. The van der Waals surface area contributed by atoms with Crippen molar-refractivity contribution in [2.24, 2.45) is 0 Å². The van der Waals surface area contributed by atoms with Crippen molar-refractivity contribution in [1.29, 1.82) is 0 Å². The Morgan fingerprint density at radius 2 is 1.96 bits per heavy atom. The van der Waals surface area contributed by atoms with Gasteiger partial charge in [-0.2, -0.15) is 0 Å². The Bertz CT molecular complexity index is 668. The van der Waals surface area contributed by atoms with Gasteiger partial charge in [0.25, 0.3) is 0 Å². The fourth-order valence-corrected chi connectivity index (χ4v) is 1.59. The number of oxazole rings is 1. The number of rotatable bonds is 6. The lowest BCUT2D eigenvalue weighted by Gasteiger charge is -2.12. The quantitative estimate of drug-likeness (QED) is 0.756. The van der Waals surface area contributed by atoms with Crippen molar-refractivity contribution in [3.05, 3.63) is 42.1 Å². The molecule has 1 heterocycles. The van der Waals surface area contributed by atoms with Crippen molar-refractivity contribution in [2.75, 3.05) is 6.61 Å². The topological polar surface area (TPSA) is 70.8 Å². The molecule has 1 aromatic carbocycles. The Labute approximate surface area is 128 Å². The van der Waals surface area contributed by atoms with E-state index in [1.807, 2.05) is 0 Å². The monoisotopic (exact) mass is 331 g/mol. The van der Waals surface area contributed by atoms with E-state index in [1.165, 1.54) is 18.2 Å². The molecule has 0 N–H and O–H groups in total. The molecule has 0 aliphatic heterocycles. The number of carbonyl (C=O) groups is 1. The van der Waals surface area contributed by atoms with Crippen LogP contribution in [0.3, 0.4) is 0 Å². The fraction of sp³-hybridized carbons (Fsp3) is 0.286. The zero-order valence-corrected chi connectivity index (χ0v) is 11.9. The predicted octanol–water partition coefficient (Wildman–Crippen LogP) is 3.33. The van der Waals surface area contributed by atoms with E-state index >= 15 is 0 Å². The molecule has 0 saturated carbocycles. The average molecular weight is 331 g/mol. The van der Waals surface area contributed by atoms with Gasteiger partial charge in [-0.15, -0.1) is 13.2 Å². The van der Waals surface area contributed by atoms with E-state index in [0.717, 1.165) is 12.3 Å². The number of benzene rings is 1. The number of nitrogens with zero attached hydrogens (tertiary/aromatic N) is 1. The minimum Gasteiger partial charge on any atom is -0.480 e. The summed E-state index contributed by atoms with van der Waals surface area (Å²) < 4.78 is 55.6. The van der Waals surface area contributed by atoms with Crippen LogP contribution in [-0.4, -0.2) is 23.9 Å². The molecular formula is C14H12F3NO5. The number of aromatic nitrogens is 1. The fourth-order valence-electron chi connectivity index (χ4n) is 1.59. The first-order chi connectivity index (χ1) is 10.9. The summed E-state index contributed by atoms with van der Waals surface area (Å²) in [6, 6.07) is 5.27. The smallest absolute Gasteiger partial charge is 0.480 e. The molecule has 0 atom stereocenters. The maximum Gasteiger partial charge on any atom is 0.573 e. The van der Waals surface area contributed by atoms with Crippen LogP contribution in [0, 0.1) is 0 Å². The standard InChI is InChI=1S/C14H12F3NO5/c1-2-20-13(19)9-7-22-12(18-9)8-21-10-5-3-4-6-11(10)23-14(15,16)17/h3-7H,2,8H2,1H3. The zero-order valence-electron chi connectivity index (χ0n) is 11.9. The van der Waals surface area contributed by atoms with Gasteiger partial charge in [0, 0.05) is 0 Å². The second kappa shape index (κ2) is 7.03. The maximum absolute atomic E-state index is 12.3. The summed E-state index contributed by atoms with van der Waals surface area (Å²) in [6.45, 7) is 1.54. The number of alkyl halides is 3. The number of esters is 1. The third-order valence-electron chi connectivity index (χ3n) is 2.46. The van der Waals surface area contributed by atoms with Crippen LogP contribution in [-0.2, 0) is 11.3 Å². The molecule has 9 heteroatoms. The first-order valence-electron chi connectivity index (χ1n) is 6.48. The van der Waals surface area contributed by atoms with E-state index < -0.39 is 18.1 Å².